The van der Waals surface area contributed by atoms with Gasteiger partial charge in [0.05, 0.1) is 13.2 Å². The van der Waals surface area contributed by atoms with Crippen LogP contribution in [0, 0.1) is 0 Å². The van der Waals surface area contributed by atoms with Crippen molar-refractivity contribution in [2.45, 2.75) is 13.0 Å². The fourth-order valence-corrected chi connectivity index (χ4v) is 1.28. The molecule has 1 atom stereocenters. The number of ether oxygens (including phenoxy) is 1. The molecule has 0 saturated heterocycles. The zero-order chi connectivity index (χ0) is 13.5. The highest BCUT2D eigenvalue weighted by Gasteiger charge is 2.06. The summed E-state index contributed by atoms with van der Waals surface area (Å²) in [5, 5.41) is 14.3. The van der Waals surface area contributed by atoms with Gasteiger partial charge in [-0.3, -0.25) is 4.79 Å². The van der Waals surface area contributed by atoms with Crippen LogP contribution in [0.2, 0.25) is 0 Å². The van der Waals surface area contributed by atoms with Crippen molar-refractivity contribution in [2.24, 2.45) is 0 Å². The third-order valence-electron chi connectivity index (χ3n) is 2.25. The highest BCUT2D eigenvalue weighted by Crippen LogP contribution is 2.16. The Morgan fingerprint density at radius 2 is 2.17 bits per heavy atom. The first-order valence-electron chi connectivity index (χ1n) is 5.42. The van der Waals surface area contributed by atoms with E-state index in [1.807, 2.05) is 0 Å². The molecule has 18 heavy (non-hydrogen) atoms. The van der Waals surface area contributed by atoms with Crippen molar-refractivity contribution >= 4 is 17.7 Å². The first-order valence-corrected chi connectivity index (χ1v) is 5.42. The van der Waals surface area contributed by atoms with Gasteiger partial charge in [0.15, 0.2) is 0 Å². The summed E-state index contributed by atoms with van der Waals surface area (Å²) in [6, 6.07) is 6.30. The number of aliphatic hydroxyl groups is 1. The summed E-state index contributed by atoms with van der Waals surface area (Å²) >= 11 is 0. The maximum atomic E-state index is 11.4. The normalized spacial score (nSPS) is 11.5. The van der Waals surface area contributed by atoms with Gasteiger partial charge < -0.3 is 20.5 Å². The Labute approximate surface area is 105 Å². The lowest BCUT2D eigenvalue weighted by Gasteiger charge is -2.09. The first kappa shape index (κ1) is 14.0. The molecule has 1 aromatic rings. The molecule has 0 spiro atoms. The zero-order valence-corrected chi connectivity index (χ0v) is 10.3. The van der Waals surface area contributed by atoms with Crippen LogP contribution in [0.15, 0.2) is 24.3 Å². The van der Waals surface area contributed by atoms with Crippen LogP contribution in [0.5, 0.6) is 0 Å². The molecule has 6 nitrogen and oxygen atoms in total. The van der Waals surface area contributed by atoms with Crippen LogP contribution in [0.1, 0.15) is 18.6 Å². The molecule has 0 fully saturated rings. The van der Waals surface area contributed by atoms with Gasteiger partial charge in [0.25, 0.3) is 0 Å². The van der Waals surface area contributed by atoms with Crippen molar-refractivity contribution in [1.82, 2.24) is 5.32 Å². The van der Waals surface area contributed by atoms with Gasteiger partial charge in [0.2, 0.25) is 0 Å². The van der Waals surface area contributed by atoms with Gasteiger partial charge in [-0.15, -0.1) is 0 Å². The lowest BCUT2D eigenvalue weighted by Crippen LogP contribution is -2.33. The van der Waals surface area contributed by atoms with Gasteiger partial charge in [-0.1, -0.05) is 12.1 Å². The standard InChI is InChI=1S/C12H16N2O4/c1-8(15)9-4-3-5-10(6-9)14-12(17)13-7-11(16)18-2/h3-6,8,15H,7H2,1-2H3,(H2,13,14,17). The van der Waals surface area contributed by atoms with Crippen molar-refractivity contribution in [3.63, 3.8) is 0 Å². The minimum Gasteiger partial charge on any atom is -0.468 e. The molecule has 6 heteroatoms. The van der Waals surface area contributed by atoms with E-state index in [1.54, 1.807) is 31.2 Å². The number of hydrogen-bond donors (Lipinski definition) is 3. The van der Waals surface area contributed by atoms with Crippen LogP contribution in [0.25, 0.3) is 0 Å². The third-order valence-corrected chi connectivity index (χ3v) is 2.25. The summed E-state index contributed by atoms with van der Waals surface area (Å²) in [5.74, 6) is -0.525. The smallest absolute Gasteiger partial charge is 0.325 e. The molecule has 0 aliphatic carbocycles. The van der Waals surface area contributed by atoms with Crippen LogP contribution >= 0.6 is 0 Å². The molecule has 0 saturated carbocycles. The summed E-state index contributed by atoms with van der Waals surface area (Å²) in [6.07, 6.45) is -0.607. The summed E-state index contributed by atoms with van der Waals surface area (Å²) in [5.41, 5.74) is 1.23. The number of carbonyl (C=O) groups excluding carboxylic acids is 2. The van der Waals surface area contributed by atoms with E-state index < -0.39 is 18.1 Å². The van der Waals surface area contributed by atoms with Crippen LogP contribution in [-0.2, 0) is 9.53 Å². The minimum absolute atomic E-state index is 0.196. The van der Waals surface area contributed by atoms with E-state index in [4.69, 9.17) is 0 Å². The third kappa shape index (κ3) is 4.42. The van der Waals surface area contributed by atoms with Crippen molar-refractivity contribution in [2.75, 3.05) is 19.0 Å². The lowest BCUT2D eigenvalue weighted by molar-refractivity contribution is -0.139. The molecule has 2 amide bonds. The number of esters is 1. The Morgan fingerprint density at radius 1 is 1.44 bits per heavy atom. The molecule has 98 valence electrons. The molecule has 3 N–H and O–H groups in total. The Kier molecular flexibility index (Phi) is 5.13. The molecular formula is C12H16N2O4. The summed E-state index contributed by atoms with van der Waals surface area (Å²) < 4.78 is 4.39. The second-order valence-corrected chi connectivity index (χ2v) is 3.69. The van der Waals surface area contributed by atoms with E-state index in [9.17, 15) is 14.7 Å². The molecule has 1 unspecified atom stereocenters. The minimum atomic E-state index is -0.607. The van der Waals surface area contributed by atoms with Crippen LogP contribution in [-0.4, -0.2) is 30.8 Å². The quantitative estimate of drug-likeness (QED) is 0.698. The largest absolute Gasteiger partial charge is 0.468 e. The monoisotopic (exact) mass is 252 g/mol. The maximum absolute atomic E-state index is 11.4. The molecule has 0 bridgehead atoms. The number of anilines is 1. The van der Waals surface area contributed by atoms with Crippen molar-refractivity contribution in [1.29, 1.82) is 0 Å². The van der Waals surface area contributed by atoms with E-state index in [0.29, 0.717) is 11.3 Å². The van der Waals surface area contributed by atoms with Gasteiger partial charge in [0.1, 0.15) is 6.54 Å². The second kappa shape index (κ2) is 6.61. The number of amides is 2. The van der Waals surface area contributed by atoms with E-state index in [0.717, 1.165) is 0 Å². The Balaban J connectivity index is 2.54. The highest BCUT2D eigenvalue weighted by atomic mass is 16.5. The molecule has 0 heterocycles. The number of benzene rings is 1. The zero-order valence-electron chi connectivity index (χ0n) is 10.3. The second-order valence-electron chi connectivity index (χ2n) is 3.69. The molecule has 0 radical (unpaired) electrons. The average molecular weight is 252 g/mol. The van der Waals surface area contributed by atoms with E-state index in [-0.39, 0.29) is 6.54 Å². The maximum Gasteiger partial charge on any atom is 0.325 e. The Morgan fingerprint density at radius 3 is 2.78 bits per heavy atom. The van der Waals surface area contributed by atoms with Crippen molar-refractivity contribution in [3.05, 3.63) is 29.8 Å². The van der Waals surface area contributed by atoms with E-state index in [1.165, 1.54) is 7.11 Å². The summed E-state index contributed by atoms with van der Waals surface area (Å²) in [6.45, 7) is 1.44. The number of aliphatic hydroxyl groups excluding tert-OH is 1. The summed E-state index contributed by atoms with van der Waals surface area (Å²) in [7, 11) is 1.24. The highest BCUT2D eigenvalue weighted by molar-refractivity contribution is 5.91. The van der Waals surface area contributed by atoms with Gasteiger partial charge >= 0.3 is 12.0 Å². The van der Waals surface area contributed by atoms with Gasteiger partial charge in [0, 0.05) is 5.69 Å². The average Bonchev–Trinajstić information content (AvgIpc) is 2.36. The topological polar surface area (TPSA) is 87.7 Å². The Hall–Kier alpha value is -2.08. The summed E-state index contributed by atoms with van der Waals surface area (Å²) in [4.78, 5) is 22.2. The molecular weight excluding hydrogens is 236 g/mol. The van der Waals surface area contributed by atoms with Gasteiger partial charge in [-0.05, 0) is 24.6 Å². The fraction of sp³-hybridized carbons (Fsp3) is 0.333. The van der Waals surface area contributed by atoms with Crippen LogP contribution in [0.3, 0.4) is 0 Å². The van der Waals surface area contributed by atoms with Crippen molar-refractivity contribution < 1.29 is 19.4 Å². The van der Waals surface area contributed by atoms with Gasteiger partial charge in [-0.25, -0.2) is 4.79 Å². The van der Waals surface area contributed by atoms with Crippen LogP contribution < -0.4 is 10.6 Å². The molecule has 0 aliphatic heterocycles. The number of hydrogen-bond acceptors (Lipinski definition) is 4. The van der Waals surface area contributed by atoms with E-state index in [2.05, 4.69) is 15.4 Å². The number of rotatable bonds is 4. The number of urea groups is 1. The predicted octanol–water partition coefficient (Wildman–Crippen LogP) is 1.03. The predicted molar refractivity (Wildman–Crippen MR) is 66.1 cm³/mol. The Bertz CT molecular complexity index is 432. The molecule has 0 aliphatic rings. The molecule has 1 rings (SSSR count). The molecule has 1 aromatic carbocycles. The fourth-order valence-electron chi connectivity index (χ4n) is 1.28. The van der Waals surface area contributed by atoms with Crippen molar-refractivity contribution in [3.8, 4) is 0 Å². The number of methoxy groups -OCH3 is 1. The molecule has 0 aromatic heterocycles. The van der Waals surface area contributed by atoms with Gasteiger partial charge in [-0.2, -0.15) is 0 Å². The number of carbonyl (C=O) groups is 2. The van der Waals surface area contributed by atoms with E-state index >= 15 is 0 Å². The van der Waals surface area contributed by atoms with Crippen LogP contribution in [0.4, 0.5) is 10.5 Å². The number of nitrogens with one attached hydrogen (secondary N) is 2. The lowest BCUT2D eigenvalue weighted by atomic mass is 10.1. The first-order chi connectivity index (χ1) is 8.52. The SMILES string of the molecule is COC(=O)CNC(=O)Nc1cccc(C(C)O)c1.